The predicted octanol–water partition coefficient (Wildman–Crippen LogP) is 5.36. The number of methoxy groups -OCH3 is 1. The van der Waals surface area contributed by atoms with Crippen molar-refractivity contribution < 1.29 is 9.15 Å². The molecule has 0 bridgehead atoms. The van der Waals surface area contributed by atoms with Crippen LogP contribution in [0.15, 0.2) is 46.9 Å². The van der Waals surface area contributed by atoms with Gasteiger partial charge >= 0.3 is 0 Å². The molecule has 0 amide bonds. The van der Waals surface area contributed by atoms with E-state index in [0.717, 1.165) is 11.3 Å². The maximum atomic E-state index is 6.17. The Hall–Kier alpha value is -2.08. The van der Waals surface area contributed by atoms with Crippen molar-refractivity contribution in [3.05, 3.63) is 64.0 Å². The highest BCUT2D eigenvalue weighted by atomic mass is 35.5. The normalized spacial score (nSPS) is 12.2. The number of ether oxygens (including phenoxy) is 1. The highest BCUT2D eigenvalue weighted by Gasteiger charge is 2.12. The number of nitrogens with one attached hydrogen (secondary N) is 1. The smallest absolute Gasteiger partial charge is 0.249 e. The van der Waals surface area contributed by atoms with Crippen LogP contribution in [0, 0.1) is 0 Å². The summed E-state index contributed by atoms with van der Waals surface area (Å²) in [6.45, 7) is 2.41. The Bertz CT molecular complexity index is 867. The average Bonchev–Trinajstić information content (AvgIpc) is 3.08. The van der Waals surface area contributed by atoms with E-state index in [4.69, 9.17) is 32.4 Å². The van der Waals surface area contributed by atoms with Crippen molar-refractivity contribution in [1.29, 1.82) is 0 Å². The van der Waals surface area contributed by atoms with Crippen LogP contribution >= 0.6 is 23.2 Å². The van der Waals surface area contributed by atoms with Crippen molar-refractivity contribution in [3.8, 4) is 11.5 Å². The fourth-order valence-electron chi connectivity index (χ4n) is 2.31. The van der Waals surface area contributed by atoms with Gasteiger partial charge in [0.2, 0.25) is 11.8 Å². The molecule has 7 heteroatoms. The summed E-state index contributed by atoms with van der Waals surface area (Å²) >= 11 is 12.1. The molecule has 0 aliphatic carbocycles. The molecule has 0 aliphatic heterocycles. The van der Waals surface area contributed by atoms with Gasteiger partial charge in [-0.15, -0.1) is 10.2 Å². The van der Waals surface area contributed by atoms with Crippen LogP contribution in [0.25, 0.3) is 11.5 Å². The zero-order chi connectivity index (χ0) is 17.8. The van der Waals surface area contributed by atoms with Crippen LogP contribution in [0.4, 0.5) is 5.69 Å². The number of benzene rings is 2. The molecule has 25 heavy (non-hydrogen) atoms. The van der Waals surface area contributed by atoms with Crippen LogP contribution in [-0.4, -0.2) is 17.3 Å². The number of hydrogen-bond donors (Lipinski definition) is 1. The zero-order valence-corrected chi connectivity index (χ0v) is 15.3. The number of aromatic nitrogens is 2. The van der Waals surface area contributed by atoms with Crippen molar-refractivity contribution in [3.63, 3.8) is 0 Å². The van der Waals surface area contributed by atoms with E-state index >= 15 is 0 Å². The number of rotatable bonds is 6. The third-order valence-corrected chi connectivity index (χ3v) is 4.33. The molecule has 0 fully saturated rings. The summed E-state index contributed by atoms with van der Waals surface area (Å²) in [4.78, 5) is 0. The molecule has 5 nitrogen and oxygen atoms in total. The number of hydrogen-bond acceptors (Lipinski definition) is 5. The van der Waals surface area contributed by atoms with Gasteiger partial charge in [0.15, 0.2) is 0 Å². The van der Waals surface area contributed by atoms with Gasteiger partial charge in [0.1, 0.15) is 0 Å². The molecule has 3 aromatic rings. The number of anilines is 1. The van der Waals surface area contributed by atoms with Gasteiger partial charge in [-0.2, -0.15) is 0 Å². The van der Waals surface area contributed by atoms with Gasteiger partial charge in [-0.1, -0.05) is 35.3 Å². The van der Waals surface area contributed by atoms with Crippen LogP contribution < -0.4 is 5.32 Å². The lowest BCUT2D eigenvalue weighted by molar-refractivity contribution is 0.119. The molecule has 0 radical (unpaired) electrons. The molecule has 1 heterocycles. The van der Waals surface area contributed by atoms with E-state index in [-0.39, 0.29) is 6.10 Å². The first-order chi connectivity index (χ1) is 12.1. The Labute approximate surface area is 155 Å². The van der Waals surface area contributed by atoms with Gasteiger partial charge in [0.25, 0.3) is 0 Å². The highest BCUT2D eigenvalue weighted by Crippen LogP contribution is 2.29. The minimum absolute atomic E-state index is 0.0313. The Balaban J connectivity index is 1.70. The van der Waals surface area contributed by atoms with Crippen molar-refractivity contribution in [2.24, 2.45) is 0 Å². The van der Waals surface area contributed by atoms with Crippen LogP contribution in [0.3, 0.4) is 0 Å². The van der Waals surface area contributed by atoms with Crippen molar-refractivity contribution in [2.45, 2.75) is 19.6 Å². The van der Waals surface area contributed by atoms with Crippen LogP contribution in [0.2, 0.25) is 10.0 Å². The third-order valence-electron chi connectivity index (χ3n) is 3.78. The maximum Gasteiger partial charge on any atom is 0.249 e. The second kappa shape index (κ2) is 7.87. The lowest BCUT2D eigenvalue weighted by Gasteiger charge is -2.11. The summed E-state index contributed by atoms with van der Waals surface area (Å²) in [5.74, 6) is 0.825. The molecule has 3 rings (SSSR count). The fraction of sp³-hybridized carbons (Fsp3) is 0.222. The first-order valence-corrected chi connectivity index (χ1v) is 8.47. The molecule has 0 saturated heterocycles. The van der Waals surface area contributed by atoms with Gasteiger partial charge in [-0.05, 0) is 42.8 Å². The molecule has 130 valence electrons. The lowest BCUT2D eigenvalue weighted by atomic mass is 10.1. The molecule has 0 aliphatic rings. The van der Waals surface area contributed by atoms with E-state index < -0.39 is 0 Å². The molecular formula is C18H17Cl2N3O2. The summed E-state index contributed by atoms with van der Waals surface area (Å²) < 4.78 is 11.0. The second-order valence-electron chi connectivity index (χ2n) is 5.48. The quantitative estimate of drug-likeness (QED) is 0.626. The number of halogens is 2. The molecule has 0 saturated carbocycles. The largest absolute Gasteiger partial charge is 0.419 e. The van der Waals surface area contributed by atoms with Gasteiger partial charge in [-0.3, -0.25) is 0 Å². The Morgan fingerprint density at radius 3 is 2.76 bits per heavy atom. The summed E-state index contributed by atoms with van der Waals surface area (Å²) in [6, 6.07) is 13.1. The first kappa shape index (κ1) is 17.7. The summed E-state index contributed by atoms with van der Waals surface area (Å²) in [5.41, 5.74) is 2.69. The fourth-order valence-corrected chi connectivity index (χ4v) is 2.80. The van der Waals surface area contributed by atoms with Crippen molar-refractivity contribution in [2.75, 3.05) is 12.4 Å². The Morgan fingerprint density at radius 2 is 2.00 bits per heavy atom. The molecular weight excluding hydrogens is 361 g/mol. The second-order valence-corrected chi connectivity index (χ2v) is 6.33. The summed E-state index contributed by atoms with van der Waals surface area (Å²) in [5, 5.41) is 12.4. The maximum absolute atomic E-state index is 6.17. The van der Waals surface area contributed by atoms with Gasteiger partial charge in [0, 0.05) is 17.8 Å². The summed E-state index contributed by atoms with van der Waals surface area (Å²) in [7, 11) is 1.69. The van der Waals surface area contributed by atoms with Crippen molar-refractivity contribution >= 4 is 28.9 Å². The molecule has 0 unspecified atom stereocenters. The van der Waals surface area contributed by atoms with E-state index in [2.05, 4.69) is 15.5 Å². The van der Waals surface area contributed by atoms with Crippen LogP contribution in [-0.2, 0) is 11.3 Å². The van der Waals surface area contributed by atoms with Crippen LogP contribution in [0.5, 0.6) is 0 Å². The lowest BCUT2D eigenvalue weighted by Crippen LogP contribution is -2.01. The van der Waals surface area contributed by atoms with Gasteiger partial charge < -0.3 is 14.5 Å². The summed E-state index contributed by atoms with van der Waals surface area (Å²) in [6.07, 6.45) is 0.0313. The Morgan fingerprint density at radius 1 is 1.16 bits per heavy atom. The highest BCUT2D eigenvalue weighted by molar-refractivity contribution is 6.36. The van der Waals surface area contributed by atoms with Crippen LogP contribution in [0.1, 0.15) is 24.5 Å². The number of nitrogens with zero attached hydrogens (tertiary/aromatic N) is 2. The van der Waals surface area contributed by atoms with Crippen molar-refractivity contribution in [1.82, 2.24) is 10.2 Å². The molecule has 0 spiro atoms. The minimum atomic E-state index is 0.0313. The van der Waals surface area contributed by atoms with E-state index in [9.17, 15) is 0 Å². The van der Waals surface area contributed by atoms with E-state index in [1.807, 2.05) is 31.2 Å². The average molecular weight is 378 g/mol. The topological polar surface area (TPSA) is 60.2 Å². The van der Waals surface area contributed by atoms with E-state index in [0.29, 0.717) is 33.9 Å². The SMILES string of the molecule is CO[C@@H](C)c1cccc(NCc2nnc(-c3ccc(Cl)cc3Cl)o2)c1. The molecule has 1 N–H and O–H groups in total. The molecule has 1 aromatic heterocycles. The van der Waals surface area contributed by atoms with E-state index in [1.165, 1.54) is 0 Å². The third kappa shape index (κ3) is 4.31. The Kier molecular flexibility index (Phi) is 5.58. The standard InChI is InChI=1S/C18H17Cl2N3O2/c1-11(24-2)12-4-3-5-14(8-12)21-10-17-22-23-18(25-17)15-7-6-13(19)9-16(15)20/h3-9,11,21H,10H2,1-2H3/t11-/m0/s1. The predicted molar refractivity (Wildman–Crippen MR) is 98.9 cm³/mol. The van der Waals surface area contributed by atoms with Gasteiger partial charge in [-0.25, -0.2) is 0 Å². The van der Waals surface area contributed by atoms with Gasteiger partial charge in [0.05, 0.1) is 23.2 Å². The monoisotopic (exact) mass is 377 g/mol. The van der Waals surface area contributed by atoms with E-state index in [1.54, 1.807) is 25.3 Å². The molecule has 2 aromatic carbocycles. The zero-order valence-electron chi connectivity index (χ0n) is 13.8. The minimum Gasteiger partial charge on any atom is -0.419 e. The molecule has 1 atom stereocenters. The first-order valence-electron chi connectivity index (χ1n) is 7.71.